The first-order valence-electron chi connectivity index (χ1n) is 11.2. The highest BCUT2D eigenvalue weighted by Gasteiger charge is 2.25. The fourth-order valence-electron chi connectivity index (χ4n) is 4.53. The number of nitrogens with zero attached hydrogens (tertiary/aromatic N) is 2. The summed E-state index contributed by atoms with van der Waals surface area (Å²) < 4.78 is 5.64. The maximum atomic E-state index is 12.8. The summed E-state index contributed by atoms with van der Waals surface area (Å²) in [6.45, 7) is 8.98. The lowest BCUT2D eigenvalue weighted by molar-refractivity contribution is -0.130. The van der Waals surface area contributed by atoms with Crippen LogP contribution < -0.4 is 0 Å². The van der Waals surface area contributed by atoms with Gasteiger partial charge in [-0.25, -0.2) is 4.79 Å². The largest absolute Gasteiger partial charge is 0.456 e. The third-order valence-electron chi connectivity index (χ3n) is 6.11. The Morgan fingerprint density at radius 1 is 1.07 bits per heavy atom. The first kappa shape index (κ1) is 21.8. The monoisotopic (exact) mass is 400 g/mol. The minimum atomic E-state index is -0.509. The molecule has 0 aromatic carbocycles. The summed E-state index contributed by atoms with van der Waals surface area (Å²) in [5, 5.41) is 0. The number of ether oxygens (including phenoxy) is 1. The Bertz CT molecular complexity index is 724. The predicted molar refractivity (Wildman–Crippen MR) is 114 cm³/mol. The fourth-order valence-corrected chi connectivity index (χ4v) is 4.53. The smallest absolute Gasteiger partial charge is 0.338 e. The molecule has 0 atom stereocenters. The van der Waals surface area contributed by atoms with Gasteiger partial charge in [0.2, 0.25) is 5.91 Å². The lowest BCUT2D eigenvalue weighted by Gasteiger charge is -2.31. The molecule has 0 radical (unpaired) electrons. The Kier molecular flexibility index (Phi) is 6.97. The van der Waals surface area contributed by atoms with Crippen molar-refractivity contribution >= 4 is 11.9 Å². The van der Waals surface area contributed by atoms with Crippen molar-refractivity contribution in [3.05, 3.63) is 29.1 Å². The van der Waals surface area contributed by atoms with Gasteiger partial charge >= 0.3 is 5.97 Å². The molecular formula is C24H36N2O3. The van der Waals surface area contributed by atoms with Crippen LogP contribution in [0.25, 0.3) is 0 Å². The van der Waals surface area contributed by atoms with E-state index < -0.39 is 5.60 Å². The highest BCUT2D eigenvalue weighted by atomic mass is 16.6. The minimum Gasteiger partial charge on any atom is -0.456 e. The first-order valence-corrected chi connectivity index (χ1v) is 11.2. The number of aromatic nitrogens is 1. The standard InChI is InChI=1S/C24H36N2O3/c1-17(27)26-12-10-18(11-13-26)14-21-15-20(23(28)29-24(2,3)4)16-22(25-21)19-8-6-5-7-9-19/h15-16,18-19H,5-14H2,1-4H3. The van der Waals surface area contributed by atoms with Gasteiger partial charge in [-0.1, -0.05) is 19.3 Å². The molecular weight excluding hydrogens is 364 g/mol. The van der Waals surface area contributed by atoms with Gasteiger partial charge in [-0.15, -0.1) is 0 Å². The second-order valence-corrected chi connectivity index (χ2v) is 9.76. The zero-order valence-electron chi connectivity index (χ0n) is 18.5. The molecule has 1 aliphatic carbocycles. The molecule has 1 aliphatic heterocycles. The molecule has 1 aromatic rings. The Morgan fingerprint density at radius 2 is 1.72 bits per heavy atom. The summed E-state index contributed by atoms with van der Waals surface area (Å²) in [5.74, 6) is 0.855. The zero-order chi connectivity index (χ0) is 21.0. The molecule has 0 N–H and O–H groups in total. The number of likely N-dealkylation sites (tertiary alicyclic amines) is 1. The van der Waals surface area contributed by atoms with Crippen molar-refractivity contribution in [1.82, 2.24) is 9.88 Å². The second kappa shape index (κ2) is 9.27. The number of pyridine rings is 1. The van der Waals surface area contributed by atoms with Gasteiger partial charge in [-0.2, -0.15) is 0 Å². The number of rotatable bonds is 4. The van der Waals surface area contributed by atoms with Gasteiger partial charge in [-0.3, -0.25) is 9.78 Å². The van der Waals surface area contributed by atoms with Crippen LogP contribution in [0.3, 0.4) is 0 Å². The second-order valence-electron chi connectivity index (χ2n) is 9.76. The summed E-state index contributed by atoms with van der Waals surface area (Å²) in [6, 6.07) is 3.89. The number of carbonyl (C=O) groups is 2. The molecule has 2 heterocycles. The van der Waals surface area contributed by atoms with E-state index in [1.165, 1.54) is 19.3 Å². The van der Waals surface area contributed by atoms with E-state index in [1.54, 1.807) is 6.92 Å². The van der Waals surface area contributed by atoms with Gasteiger partial charge in [0.25, 0.3) is 0 Å². The van der Waals surface area contributed by atoms with Crippen LogP contribution in [0, 0.1) is 5.92 Å². The number of esters is 1. The van der Waals surface area contributed by atoms with E-state index >= 15 is 0 Å². The van der Waals surface area contributed by atoms with Crippen LogP contribution in [-0.4, -0.2) is 40.5 Å². The molecule has 1 aromatic heterocycles. The first-order chi connectivity index (χ1) is 13.7. The highest BCUT2D eigenvalue weighted by Crippen LogP contribution is 2.33. The average molecular weight is 401 g/mol. The Labute approximate surface area is 175 Å². The molecule has 5 nitrogen and oxygen atoms in total. The van der Waals surface area contributed by atoms with Gasteiger partial charge in [0, 0.05) is 37.3 Å². The number of amides is 1. The predicted octanol–water partition coefficient (Wildman–Crippen LogP) is 4.89. The van der Waals surface area contributed by atoms with Crippen molar-refractivity contribution in [1.29, 1.82) is 0 Å². The number of hydrogen-bond donors (Lipinski definition) is 0. The molecule has 0 spiro atoms. The SMILES string of the molecule is CC(=O)N1CCC(Cc2cc(C(=O)OC(C)(C)C)cc(C3CCCCC3)n2)CC1. The summed E-state index contributed by atoms with van der Waals surface area (Å²) in [5.41, 5.74) is 2.18. The molecule has 0 bridgehead atoms. The fraction of sp³-hybridized carbons (Fsp3) is 0.708. The van der Waals surface area contributed by atoms with E-state index in [0.717, 1.165) is 56.6 Å². The van der Waals surface area contributed by atoms with Gasteiger partial charge in [0.05, 0.1) is 5.56 Å². The van der Waals surface area contributed by atoms with Crippen molar-refractivity contribution in [2.24, 2.45) is 5.92 Å². The molecule has 1 saturated carbocycles. The zero-order valence-corrected chi connectivity index (χ0v) is 18.5. The highest BCUT2D eigenvalue weighted by molar-refractivity contribution is 5.90. The van der Waals surface area contributed by atoms with Crippen LogP contribution in [0.2, 0.25) is 0 Å². The summed E-state index contributed by atoms with van der Waals surface area (Å²) in [7, 11) is 0. The van der Waals surface area contributed by atoms with Crippen molar-refractivity contribution in [3.8, 4) is 0 Å². The topological polar surface area (TPSA) is 59.5 Å². The number of piperidine rings is 1. The van der Waals surface area contributed by atoms with Gasteiger partial charge < -0.3 is 9.64 Å². The molecule has 3 rings (SSSR count). The Balaban J connectivity index is 1.78. The molecule has 5 heteroatoms. The van der Waals surface area contributed by atoms with E-state index in [-0.39, 0.29) is 11.9 Å². The van der Waals surface area contributed by atoms with E-state index in [4.69, 9.17) is 9.72 Å². The minimum absolute atomic E-state index is 0.160. The summed E-state index contributed by atoms with van der Waals surface area (Å²) in [6.07, 6.45) is 8.94. The van der Waals surface area contributed by atoms with Crippen LogP contribution >= 0.6 is 0 Å². The van der Waals surface area contributed by atoms with Crippen molar-refractivity contribution in [3.63, 3.8) is 0 Å². The lowest BCUT2D eigenvalue weighted by Crippen LogP contribution is -2.37. The van der Waals surface area contributed by atoms with E-state index in [0.29, 0.717) is 17.4 Å². The molecule has 2 fully saturated rings. The Morgan fingerprint density at radius 3 is 2.31 bits per heavy atom. The number of carbonyl (C=O) groups excluding carboxylic acids is 2. The van der Waals surface area contributed by atoms with Crippen molar-refractivity contribution in [2.45, 2.75) is 90.6 Å². The number of hydrogen-bond acceptors (Lipinski definition) is 4. The van der Waals surface area contributed by atoms with Gasteiger partial charge in [0.1, 0.15) is 5.60 Å². The third-order valence-corrected chi connectivity index (χ3v) is 6.11. The maximum absolute atomic E-state index is 12.8. The quantitative estimate of drug-likeness (QED) is 0.676. The van der Waals surface area contributed by atoms with Crippen LogP contribution in [0.15, 0.2) is 12.1 Å². The van der Waals surface area contributed by atoms with E-state index in [1.807, 2.05) is 37.8 Å². The molecule has 1 saturated heterocycles. The van der Waals surface area contributed by atoms with Crippen molar-refractivity contribution in [2.75, 3.05) is 13.1 Å². The third kappa shape index (κ3) is 6.28. The normalized spacial score (nSPS) is 19.2. The average Bonchev–Trinajstić information content (AvgIpc) is 2.67. The summed E-state index contributed by atoms with van der Waals surface area (Å²) >= 11 is 0. The molecule has 29 heavy (non-hydrogen) atoms. The van der Waals surface area contributed by atoms with Crippen LogP contribution in [0.4, 0.5) is 0 Å². The summed E-state index contributed by atoms with van der Waals surface area (Å²) in [4.78, 5) is 31.3. The molecule has 160 valence electrons. The van der Waals surface area contributed by atoms with Crippen LogP contribution in [0.1, 0.15) is 100 Å². The molecule has 0 unspecified atom stereocenters. The molecule has 1 amide bonds. The maximum Gasteiger partial charge on any atom is 0.338 e. The van der Waals surface area contributed by atoms with Crippen molar-refractivity contribution < 1.29 is 14.3 Å². The van der Waals surface area contributed by atoms with Crippen LogP contribution in [0.5, 0.6) is 0 Å². The van der Waals surface area contributed by atoms with E-state index in [2.05, 4.69) is 0 Å². The van der Waals surface area contributed by atoms with Gasteiger partial charge in [-0.05, 0) is 70.9 Å². The van der Waals surface area contributed by atoms with Crippen LogP contribution in [-0.2, 0) is 16.0 Å². The molecule has 2 aliphatic rings. The Hall–Kier alpha value is -1.91. The lowest BCUT2D eigenvalue weighted by atomic mass is 9.85. The van der Waals surface area contributed by atoms with Gasteiger partial charge in [0.15, 0.2) is 0 Å². The van der Waals surface area contributed by atoms with E-state index in [9.17, 15) is 9.59 Å².